The van der Waals surface area contributed by atoms with Crippen LogP contribution in [0.1, 0.15) is 5.69 Å². The van der Waals surface area contributed by atoms with Crippen LogP contribution in [0.5, 0.6) is 0 Å². The van der Waals surface area contributed by atoms with Gasteiger partial charge in [-0.1, -0.05) is 6.07 Å². The lowest BCUT2D eigenvalue weighted by Crippen LogP contribution is -2.04. The largest absolute Gasteiger partial charge is 0.265 e. The normalized spacial score (nSPS) is 9.45. The second-order valence-corrected chi connectivity index (χ2v) is 2.13. The molecule has 4 nitrogen and oxygen atoms in total. The molecule has 0 saturated heterocycles. The first-order valence-corrected chi connectivity index (χ1v) is 3.31. The fraction of sp³-hybridized carbons (Fsp3) is 0.286. The number of pyridine rings is 1. The summed E-state index contributed by atoms with van der Waals surface area (Å²) in [5, 5.41) is 9.95. The fourth-order valence-corrected chi connectivity index (χ4v) is 0.752. The Morgan fingerprint density at radius 1 is 1.55 bits per heavy atom. The molecule has 0 spiro atoms. The van der Waals surface area contributed by atoms with E-state index in [2.05, 4.69) is 4.98 Å². The van der Waals surface area contributed by atoms with Crippen molar-refractivity contribution in [3.63, 3.8) is 0 Å². The topological polar surface area (TPSA) is 56.0 Å². The maximum Gasteiger partial charge on any atom is 0.209 e. The molecule has 0 saturated carbocycles. The molecule has 0 unspecified atom stereocenters. The summed E-state index contributed by atoms with van der Waals surface area (Å²) >= 11 is 0. The Bertz CT molecular complexity index is 235. The molecule has 1 aromatic rings. The van der Waals surface area contributed by atoms with Crippen molar-refractivity contribution in [1.29, 1.82) is 0 Å². The van der Waals surface area contributed by atoms with E-state index in [1.165, 1.54) is 0 Å². The number of rotatable bonds is 3. The summed E-state index contributed by atoms with van der Waals surface area (Å²) in [5.74, 6) is 0. The van der Waals surface area contributed by atoms with Gasteiger partial charge in [-0.25, -0.2) is 0 Å². The van der Waals surface area contributed by atoms with E-state index in [0.717, 1.165) is 5.69 Å². The van der Waals surface area contributed by atoms with Crippen molar-refractivity contribution < 1.29 is 4.92 Å². The van der Waals surface area contributed by atoms with Gasteiger partial charge in [0.05, 0.1) is 6.42 Å². The van der Waals surface area contributed by atoms with Crippen LogP contribution in [0.25, 0.3) is 0 Å². The van der Waals surface area contributed by atoms with E-state index in [4.69, 9.17) is 0 Å². The number of nitrogens with zero attached hydrogens (tertiary/aromatic N) is 2. The summed E-state index contributed by atoms with van der Waals surface area (Å²) in [6.45, 7) is -0.0446. The first-order valence-electron chi connectivity index (χ1n) is 3.31. The molecule has 11 heavy (non-hydrogen) atoms. The van der Waals surface area contributed by atoms with Gasteiger partial charge in [-0.05, 0) is 12.1 Å². The third-order valence-corrected chi connectivity index (χ3v) is 1.28. The zero-order valence-electron chi connectivity index (χ0n) is 5.93. The average molecular weight is 152 g/mol. The van der Waals surface area contributed by atoms with Crippen LogP contribution in [0.3, 0.4) is 0 Å². The van der Waals surface area contributed by atoms with Gasteiger partial charge in [0.15, 0.2) is 0 Å². The highest BCUT2D eigenvalue weighted by Gasteiger charge is 1.98. The summed E-state index contributed by atoms with van der Waals surface area (Å²) < 4.78 is 0. The molecule has 0 radical (unpaired) electrons. The second kappa shape index (κ2) is 3.65. The minimum Gasteiger partial charge on any atom is -0.265 e. The van der Waals surface area contributed by atoms with Crippen molar-refractivity contribution in [2.24, 2.45) is 0 Å². The Morgan fingerprint density at radius 2 is 2.36 bits per heavy atom. The van der Waals surface area contributed by atoms with Gasteiger partial charge in [-0.2, -0.15) is 0 Å². The van der Waals surface area contributed by atoms with Crippen LogP contribution in [0.15, 0.2) is 24.4 Å². The van der Waals surface area contributed by atoms with Crippen LogP contribution in [-0.4, -0.2) is 16.5 Å². The third-order valence-electron chi connectivity index (χ3n) is 1.28. The molecule has 0 aliphatic rings. The lowest BCUT2D eigenvalue weighted by Gasteiger charge is -1.93. The second-order valence-electron chi connectivity index (χ2n) is 2.13. The van der Waals surface area contributed by atoms with Gasteiger partial charge in [0.1, 0.15) is 0 Å². The maximum absolute atomic E-state index is 9.95. The highest BCUT2D eigenvalue weighted by atomic mass is 16.6. The summed E-state index contributed by atoms with van der Waals surface area (Å²) in [4.78, 5) is 13.6. The van der Waals surface area contributed by atoms with Crippen molar-refractivity contribution in [2.45, 2.75) is 6.42 Å². The summed E-state index contributed by atoms with van der Waals surface area (Å²) in [6, 6.07) is 5.39. The number of nitro groups is 1. The van der Waals surface area contributed by atoms with E-state index in [1.54, 1.807) is 18.3 Å². The van der Waals surface area contributed by atoms with Gasteiger partial charge < -0.3 is 0 Å². The van der Waals surface area contributed by atoms with Gasteiger partial charge in [0.2, 0.25) is 6.54 Å². The van der Waals surface area contributed by atoms with Crippen molar-refractivity contribution in [3.8, 4) is 0 Å². The highest BCUT2D eigenvalue weighted by Crippen LogP contribution is 1.93. The predicted molar refractivity (Wildman–Crippen MR) is 39.8 cm³/mol. The SMILES string of the molecule is O=[N+]([O-])CCc1ccccn1. The number of hydrogen-bond donors (Lipinski definition) is 0. The van der Waals surface area contributed by atoms with Gasteiger partial charge in [0.25, 0.3) is 0 Å². The molecule has 0 bridgehead atoms. The predicted octanol–water partition coefficient (Wildman–Crippen LogP) is 0.901. The molecule has 0 amide bonds. The molecule has 0 atom stereocenters. The van der Waals surface area contributed by atoms with Crippen molar-refractivity contribution in [3.05, 3.63) is 40.2 Å². The van der Waals surface area contributed by atoms with Crippen molar-refractivity contribution in [1.82, 2.24) is 4.98 Å². The lowest BCUT2D eigenvalue weighted by molar-refractivity contribution is -0.479. The maximum atomic E-state index is 9.95. The molecule has 0 N–H and O–H groups in total. The lowest BCUT2D eigenvalue weighted by atomic mass is 10.3. The molecule has 1 aromatic heterocycles. The highest BCUT2D eigenvalue weighted by molar-refractivity contribution is 5.03. The zero-order valence-corrected chi connectivity index (χ0v) is 5.93. The molecule has 1 heterocycles. The van der Waals surface area contributed by atoms with Crippen LogP contribution in [0, 0.1) is 10.1 Å². The van der Waals surface area contributed by atoms with E-state index in [-0.39, 0.29) is 11.5 Å². The van der Waals surface area contributed by atoms with Crippen LogP contribution in [0.4, 0.5) is 0 Å². The number of hydrogen-bond acceptors (Lipinski definition) is 3. The Morgan fingerprint density at radius 3 is 2.91 bits per heavy atom. The summed E-state index contributed by atoms with van der Waals surface area (Å²) in [7, 11) is 0. The smallest absolute Gasteiger partial charge is 0.209 e. The summed E-state index contributed by atoms with van der Waals surface area (Å²) in [5.41, 5.74) is 0.768. The Hall–Kier alpha value is -1.45. The van der Waals surface area contributed by atoms with E-state index in [9.17, 15) is 10.1 Å². The molecule has 0 fully saturated rings. The minimum absolute atomic E-state index is 0.0446. The molecule has 0 aromatic carbocycles. The van der Waals surface area contributed by atoms with E-state index in [1.807, 2.05) is 6.07 Å². The van der Waals surface area contributed by atoms with Gasteiger partial charge in [0, 0.05) is 16.8 Å². The zero-order chi connectivity index (χ0) is 8.10. The first kappa shape index (κ1) is 7.65. The standard InChI is InChI=1S/C7H8N2O2/c10-9(11)6-4-7-3-1-2-5-8-7/h1-3,5H,4,6H2. The van der Waals surface area contributed by atoms with Crippen molar-refractivity contribution >= 4 is 0 Å². The van der Waals surface area contributed by atoms with Crippen LogP contribution in [0.2, 0.25) is 0 Å². The van der Waals surface area contributed by atoms with E-state index < -0.39 is 0 Å². The number of aromatic nitrogens is 1. The third kappa shape index (κ3) is 2.75. The van der Waals surface area contributed by atoms with Crippen molar-refractivity contribution in [2.75, 3.05) is 6.54 Å². The van der Waals surface area contributed by atoms with E-state index in [0.29, 0.717) is 6.42 Å². The Labute approximate surface area is 64.0 Å². The van der Waals surface area contributed by atoms with E-state index >= 15 is 0 Å². The van der Waals surface area contributed by atoms with Gasteiger partial charge >= 0.3 is 0 Å². The molecule has 58 valence electrons. The quantitative estimate of drug-likeness (QED) is 0.477. The molecule has 0 aliphatic heterocycles. The molecular formula is C7H8N2O2. The van der Waals surface area contributed by atoms with Crippen LogP contribution >= 0.6 is 0 Å². The van der Waals surface area contributed by atoms with Gasteiger partial charge in [-0.15, -0.1) is 0 Å². The minimum atomic E-state index is -0.339. The Balaban J connectivity index is 2.45. The first-order chi connectivity index (χ1) is 5.29. The molecule has 1 rings (SSSR count). The van der Waals surface area contributed by atoms with Crippen LogP contribution < -0.4 is 0 Å². The molecule has 4 heteroatoms. The fourth-order valence-electron chi connectivity index (χ4n) is 0.752. The molecular weight excluding hydrogens is 144 g/mol. The summed E-state index contributed by atoms with van der Waals surface area (Å²) in [6.07, 6.45) is 2.04. The van der Waals surface area contributed by atoms with Gasteiger partial charge in [-0.3, -0.25) is 15.1 Å². The molecule has 0 aliphatic carbocycles. The van der Waals surface area contributed by atoms with Crippen LogP contribution in [-0.2, 0) is 6.42 Å². The monoisotopic (exact) mass is 152 g/mol. The Kier molecular flexibility index (Phi) is 2.54. The average Bonchev–Trinajstić information content (AvgIpc) is 2.03.